The Kier molecular flexibility index (Phi) is 5.51. The highest BCUT2D eigenvalue weighted by atomic mass is 32.2. The van der Waals surface area contributed by atoms with Crippen molar-refractivity contribution in [2.75, 3.05) is 25.1 Å². The SMILES string of the molecule is CN(CCO)C1=C(c2ccc(F)cc2)C(=O)N(c2ccc(S(N)(=O)=O)cc2)C1=O. The van der Waals surface area contributed by atoms with Crippen molar-refractivity contribution in [3.8, 4) is 0 Å². The summed E-state index contributed by atoms with van der Waals surface area (Å²) < 4.78 is 36.2. The van der Waals surface area contributed by atoms with E-state index in [4.69, 9.17) is 5.14 Å². The molecule has 0 spiro atoms. The molecule has 1 heterocycles. The lowest BCUT2D eigenvalue weighted by Crippen LogP contribution is -2.34. The zero-order valence-corrected chi connectivity index (χ0v) is 16.2. The minimum absolute atomic E-state index is 0.0474. The molecule has 1 aliphatic heterocycles. The van der Waals surface area contributed by atoms with Crippen LogP contribution in [0.1, 0.15) is 5.56 Å². The van der Waals surface area contributed by atoms with Gasteiger partial charge in [0.1, 0.15) is 11.5 Å². The molecule has 3 rings (SSSR count). The Labute approximate surface area is 166 Å². The molecule has 10 heteroatoms. The largest absolute Gasteiger partial charge is 0.395 e. The molecular weight excluding hydrogens is 401 g/mol. The lowest BCUT2D eigenvalue weighted by molar-refractivity contribution is -0.120. The molecule has 0 radical (unpaired) electrons. The van der Waals surface area contributed by atoms with E-state index in [0.29, 0.717) is 5.56 Å². The van der Waals surface area contributed by atoms with E-state index in [0.717, 1.165) is 4.90 Å². The van der Waals surface area contributed by atoms with Crippen LogP contribution in [0.25, 0.3) is 5.57 Å². The van der Waals surface area contributed by atoms with Crippen LogP contribution in [-0.2, 0) is 19.6 Å². The van der Waals surface area contributed by atoms with Crippen LogP contribution in [-0.4, -0.2) is 50.4 Å². The van der Waals surface area contributed by atoms with Crippen molar-refractivity contribution in [1.29, 1.82) is 0 Å². The van der Waals surface area contributed by atoms with Crippen molar-refractivity contribution in [3.05, 3.63) is 65.6 Å². The molecule has 0 fully saturated rings. The predicted molar refractivity (Wildman–Crippen MR) is 103 cm³/mol. The number of aliphatic hydroxyl groups excluding tert-OH is 1. The summed E-state index contributed by atoms with van der Waals surface area (Å²) in [6.45, 7) is -0.154. The molecule has 0 aromatic heterocycles. The molecule has 2 aromatic rings. The number of hydrogen-bond donors (Lipinski definition) is 2. The molecule has 8 nitrogen and oxygen atoms in total. The smallest absolute Gasteiger partial charge is 0.282 e. The van der Waals surface area contributed by atoms with Crippen molar-refractivity contribution in [2.45, 2.75) is 4.90 Å². The summed E-state index contributed by atoms with van der Waals surface area (Å²) in [5.41, 5.74) is 0.597. The first-order valence-electron chi connectivity index (χ1n) is 8.49. The molecule has 152 valence electrons. The summed E-state index contributed by atoms with van der Waals surface area (Å²) in [7, 11) is -2.38. The molecule has 0 atom stereocenters. The lowest BCUT2D eigenvalue weighted by Gasteiger charge is -2.20. The second kappa shape index (κ2) is 7.74. The van der Waals surface area contributed by atoms with E-state index in [1.165, 1.54) is 53.4 Å². The molecule has 0 saturated carbocycles. The second-order valence-corrected chi connectivity index (χ2v) is 7.92. The summed E-state index contributed by atoms with van der Waals surface area (Å²) in [4.78, 5) is 28.4. The zero-order chi connectivity index (χ0) is 21.3. The van der Waals surface area contributed by atoms with Crippen molar-refractivity contribution in [2.24, 2.45) is 5.14 Å². The van der Waals surface area contributed by atoms with E-state index in [1.54, 1.807) is 7.05 Å². The Bertz CT molecular complexity index is 1100. The lowest BCUT2D eigenvalue weighted by atomic mass is 10.0. The van der Waals surface area contributed by atoms with Crippen molar-refractivity contribution < 1.29 is 27.5 Å². The first kappa shape index (κ1) is 20.6. The normalized spacial score (nSPS) is 14.7. The van der Waals surface area contributed by atoms with Crippen LogP contribution in [0.3, 0.4) is 0 Å². The molecule has 0 aliphatic carbocycles. The predicted octanol–water partition coefficient (Wildman–Crippen LogP) is 0.682. The van der Waals surface area contributed by atoms with Gasteiger partial charge in [-0.25, -0.2) is 22.8 Å². The number of nitrogens with zero attached hydrogens (tertiary/aromatic N) is 2. The van der Waals surface area contributed by atoms with Crippen molar-refractivity contribution in [3.63, 3.8) is 0 Å². The van der Waals surface area contributed by atoms with Crippen LogP contribution in [0, 0.1) is 5.82 Å². The number of amides is 2. The van der Waals surface area contributed by atoms with E-state index in [-0.39, 0.29) is 35.0 Å². The molecular formula is C19H18FN3O5S. The third-order valence-electron chi connectivity index (χ3n) is 4.43. The number of hydrogen-bond acceptors (Lipinski definition) is 6. The second-order valence-electron chi connectivity index (χ2n) is 6.36. The molecule has 2 aromatic carbocycles. The standard InChI is InChI=1S/C19H18FN3O5S/c1-22(10-11-24)17-16(12-2-4-13(20)5-3-12)18(25)23(19(17)26)14-6-8-15(9-7-14)29(21,27)28/h2-9,24H,10-11H2,1H3,(H2,21,27,28). The van der Waals surface area contributed by atoms with Gasteiger partial charge in [-0.15, -0.1) is 0 Å². The number of sulfonamides is 1. The molecule has 0 unspecified atom stereocenters. The van der Waals surface area contributed by atoms with E-state index >= 15 is 0 Å². The summed E-state index contributed by atoms with van der Waals surface area (Å²) in [6, 6.07) is 10.1. The Morgan fingerprint density at radius 1 is 1.03 bits per heavy atom. The maximum Gasteiger partial charge on any atom is 0.282 e. The maximum atomic E-state index is 13.3. The number of imide groups is 1. The van der Waals surface area contributed by atoms with Crippen molar-refractivity contribution >= 4 is 33.1 Å². The van der Waals surface area contributed by atoms with Gasteiger partial charge in [-0.2, -0.15) is 0 Å². The highest BCUT2D eigenvalue weighted by Crippen LogP contribution is 2.34. The molecule has 1 aliphatic rings. The Morgan fingerprint density at radius 3 is 2.14 bits per heavy atom. The van der Waals surface area contributed by atoms with Gasteiger partial charge in [-0.1, -0.05) is 12.1 Å². The molecule has 3 N–H and O–H groups in total. The number of aliphatic hydroxyl groups is 1. The van der Waals surface area contributed by atoms with Gasteiger partial charge in [0.15, 0.2) is 0 Å². The number of likely N-dealkylation sites (N-methyl/N-ethyl adjacent to an activating group) is 1. The average Bonchev–Trinajstić information content (AvgIpc) is 2.92. The van der Waals surface area contributed by atoms with E-state index in [2.05, 4.69) is 0 Å². The number of carbonyl (C=O) groups is 2. The first-order valence-corrected chi connectivity index (χ1v) is 10.0. The van der Waals surface area contributed by atoms with Crippen LogP contribution >= 0.6 is 0 Å². The number of rotatable bonds is 6. The van der Waals surface area contributed by atoms with Crippen LogP contribution in [0.4, 0.5) is 10.1 Å². The third-order valence-corrected chi connectivity index (χ3v) is 5.36. The van der Waals surface area contributed by atoms with Gasteiger partial charge in [0, 0.05) is 13.6 Å². The summed E-state index contributed by atoms with van der Waals surface area (Å²) in [5.74, 6) is -1.79. The minimum atomic E-state index is -3.93. The Morgan fingerprint density at radius 2 is 1.62 bits per heavy atom. The van der Waals surface area contributed by atoms with Gasteiger partial charge in [-0.05, 0) is 42.0 Å². The molecule has 29 heavy (non-hydrogen) atoms. The van der Waals surface area contributed by atoms with Gasteiger partial charge in [0.25, 0.3) is 11.8 Å². The number of halogens is 1. The topological polar surface area (TPSA) is 121 Å². The van der Waals surface area contributed by atoms with Crippen molar-refractivity contribution in [1.82, 2.24) is 4.90 Å². The maximum absolute atomic E-state index is 13.3. The molecule has 2 amide bonds. The van der Waals surface area contributed by atoms with Crippen LogP contribution < -0.4 is 10.0 Å². The fraction of sp³-hybridized carbons (Fsp3) is 0.158. The summed E-state index contributed by atoms with van der Waals surface area (Å²) in [5, 5.41) is 14.3. The first-order chi connectivity index (χ1) is 13.6. The minimum Gasteiger partial charge on any atom is -0.395 e. The van der Waals surface area contributed by atoms with E-state index in [9.17, 15) is 27.5 Å². The average molecular weight is 419 g/mol. The highest BCUT2D eigenvalue weighted by Gasteiger charge is 2.41. The molecule has 0 saturated heterocycles. The monoisotopic (exact) mass is 419 g/mol. The fourth-order valence-electron chi connectivity index (χ4n) is 3.03. The quantitative estimate of drug-likeness (QED) is 0.665. The summed E-state index contributed by atoms with van der Waals surface area (Å²) >= 11 is 0. The van der Waals surface area contributed by atoms with Crippen LogP contribution in [0.2, 0.25) is 0 Å². The van der Waals surface area contributed by atoms with Gasteiger partial charge in [0.2, 0.25) is 10.0 Å². The summed E-state index contributed by atoms with van der Waals surface area (Å²) in [6.07, 6.45) is 0. The zero-order valence-electron chi connectivity index (χ0n) is 15.4. The number of primary sulfonamides is 1. The fourth-order valence-corrected chi connectivity index (χ4v) is 3.55. The number of nitrogens with two attached hydrogens (primary N) is 1. The van der Waals surface area contributed by atoms with Crippen LogP contribution in [0.5, 0.6) is 0 Å². The number of benzene rings is 2. The third kappa shape index (κ3) is 3.90. The van der Waals surface area contributed by atoms with Gasteiger partial charge < -0.3 is 10.0 Å². The highest BCUT2D eigenvalue weighted by molar-refractivity contribution is 7.89. The van der Waals surface area contributed by atoms with Gasteiger partial charge in [0.05, 0.1) is 22.8 Å². The molecule has 0 bridgehead atoms. The van der Waals surface area contributed by atoms with Gasteiger partial charge >= 0.3 is 0 Å². The number of carbonyl (C=O) groups excluding carboxylic acids is 2. The Hall–Kier alpha value is -3.08. The van der Waals surface area contributed by atoms with Crippen LogP contribution in [0.15, 0.2) is 59.1 Å². The van der Waals surface area contributed by atoms with Gasteiger partial charge in [-0.3, -0.25) is 9.59 Å². The van der Waals surface area contributed by atoms with E-state index in [1.807, 2.05) is 0 Å². The Balaban J connectivity index is 2.09. The number of anilines is 1. The van der Waals surface area contributed by atoms with E-state index < -0.39 is 27.7 Å².